The molecule has 1 aliphatic heterocycles. The van der Waals surface area contributed by atoms with E-state index < -0.39 is 0 Å². The van der Waals surface area contributed by atoms with E-state index in [9.17, 15) is 0 Å². The first-order valence-electron chi connectivity index (χ1n) is 17.2. The van der Waals surface area contributed by atoms with E-state index in [0.29, 0.717) is 0 Å². The highest BCUT2D eigenvalue weighted by molar-refractivity contribution is 6.19. The van der Waals surface area contributed by atoms with E-state index in [1.165, 1.54) is 72.0 Å². The van der Waals surface area contributed by atoms with Crippen LogP contribution in [0.2, 0.25) is 0 Å². The summed E-state index contributed by atoms with van der Waals surface area (Å²) in [6, 6.07) is 70.6. The Morgan fingerprint density at radius 1 is 0.320 bits per heavy atom. The Morgan fingerprint density at radius 3 is 1.54 bits per heavy atom. The van der Waals surface area contributed by atoms with Crippen molar-refractivity contribution in [2.75, 3.05) is 4.90 Å². The molecule has 1 aliphatic rings. The summed E-state index contributed by atoms with van der Waals surface area (Å²) < 4.78 is 2.51. The van der Waals surface area contributed by atoms with Gasteiger partial charge in [0.2, 0.25) is 0 Å². The molecule has 0 spiro atoms. The highest BCUT2D eigenvalue weighted by atomic mass is 15.1. The summed E-state index contributed by atoms with van der Waals surface area (Å²) in [5.41, 5.74) is 16.7. The minimum atomic E-state index is 1.14. The third-order valence-corrected chi connectivity index (χ3v) is 10.1. The van der Waals surface area contributed by atoms with Crippen LogP contribution in [-0.2, 0) is 0 Å². The Labute approximate surface area is 291 Å². The largest absolute Gasteiger partial charge is 0.309 e. The number of aromatic nitrogens is 1. The fourth-order valence-corrected chi connectivity index (χ4v) is 7.92. The molecule has 0 unspecified atom stereocenters. The summed E-state index contributed by atoms with van der Waals surface area (Å²) in [4.78, 5) is 2.42. The summed E-state index contributed by atoms with van der Waals surface area (Å²) in [6.07, 6.45) is 0. The van der Waals surface area contributed by atoms with Crippen LogP contribution in [0.5, 0.6) is 0 Å². The molecule has 9 aromatic rings. The van der Waals surface area contributed by atoms with Crippen molar-refractivity contribution in [2.45, 2.75) is 0 Å². The summed E-state index contributed by atoms with van der Waals surface area (Å²) >= 11 is 0. The summed E-state index contributed by atoms with van der Waals surface area (Å²) in [5.74, 6) is 0. The monoisotopic (exact) mass is 636 g/mol. The van der Waals surface area contributed by atoms with Crippen molar-refractivity contribution in [2.24, 2.45) is 0 Å². The first kappa shape index (κ1) is 28.4. The van der Waals surface area contributed by atoms with E-state index in [-0.39, 0.29) is 0 Å². The second kappa shape index (κ2) is 11.5. The average molecular weight is 637 g/mol. The smallest absolute Gasteiger partial charge is 0.0626 e. The lowest BCUT2D eigenvalue weighted by Crippen LogP contribution is -2.10. The fraction of sp³-hybridized carbons (Fsp3) is 0. The lowest BCUT2D eigenvalue weighted by Gasteiger charge is -2.27. The molecule has 0 aliphatic carbocycles. The second-order valence-corrected chi connectivity index (χ2v) is 12.9. The number of fused-ring (bicyclic) bond motifs is 9. The van der Waals surface area contributed by atoms with Crippen molar-refractivity contribution in [1.82, 2.24) is 4.57 Å². The molecule has 0 saturated carbocycles. The Morgan fingerprint density at radius 2 is 0.860 bits per heavy atom. The maximum absolute atomic E-state index is 2.51. The molecule has 50 heavy (non-hydrogen) atoms. The molecule has 2 heteroatoms. The van der Waals surface area contributed by atoms with Gasteiger partial charge in [0.25, 0.3) is 0 Å². The molecule has 0 fully saturated rings. The average Bonchev–Trinajstić information content (AvgIpc) is 3.47. The molecular formula is C48H32N2. The van der Waals surface area contributed by atoms with Gasteiger partial charge in [-0.15, -0.1) is 0 Å². The number of rotatable bonds is 4. The van der Waals surface area contributed by atoms with Crippen LogP contribution in [0.3, 0.4) is 0 Å². The number of nitrogens with zero attached hydrogens (tertiary/aromatic N) is 2. The predicted molar refractivity (Wildman–Crippen MR) is 211 cm³/mol. The molecule has 2 heterocycles. The SMILES string of the molecule is c1ccc(-c2cc(-c3ccccc3)cc(-n3c4ccccc4c4ccc5c(c43)-c3ccccc3N(c3ccccc3)c3ccccc3-5)c2)cc1. The van der Waals surface area contributed by atoms with Gasteiger partial charge in [-0.3, -0.25) is 0 Å². The van der Waals surface area contributed by atoms with Crippen LogP contribution in [0, 0.1) is 0 Å². The van der Waals surface area contributed by atoms with Crippen molar-refractivity contribution in [3.63, 3.8) is 0 Å². The molecule has 0 amide bonds. The normalized spacial score (nSPS) is 12.0. The topological polar surface area (TPSA) is 8.17 Å². The molecule has 1 aromatic heterocycles. The fourth-order valence-electron chi connectivity index (χ4n) is 7.92. The Hall–Kier alpha value is -6.64. The summed E-state index contributed by atoms with van der Waals surface area (Å²) in [5, 5.41) is 2.48. The summed E-state index contributed by atoms with van der Waals surface area (Å²) in [6.45, 7) is 0. The minimum absolute atomic E-state index is 1.14. The van der Waals surface area contributed by atoms with Gasteiger partial charge in [0.15, 0.2) is 0 Å². The predicted octanol–water partition coefficient (Wildman–Crippen LogP) is 13.2. The maximum Gasteiger partial charge on any atom is 0.0626 e. The van der Waals surface area contributed by atoms with Crippen molar-refractivity contribution >= 4 is 38.9 Å². The van der Waals surface area contributed by atoms with E-state index in [2.05, 4.69) is 204 Å². The number of para-hydroxylation sites is 4. The standard InChI is InChI=1S/C48H32N2/c1-4-16-33(17-5-1)35-30-36(34-18-6-2-7-19-34)32-38(31-35)50-45-26-14-11-23-40(45)42-29-28-41-39-22-10-13-25-44(39)49(37-20-8-3-9-21-37)46-27-15-12-24-43(46)47(41)48(42)50/h1-32H. The lowest BCUT2D eigenvalue weighted by atomic mass is 9.92. The van der Waals surface area contributed by atoms with Gasteiger partial charge in [0.1, 0.15) is 0 Å². The Kier molecular flexibility index (Phi) is 6.53. The van der Waals surface area contributed by atoms with Crippen molar-refractivity contribution in [3.8, 4) is 50.2 Å². The highest BCUT2D eigenvalue weighted by Crippen LogP contribution is 2.53. The minimum Gasteiger partial charge on any atom is -0.309 e. The first-order valence-corrected chi connectivity index (χ1v) is 17.2. The van der Waals surface area contributed by atoms with Gasteiger partial charge < -0.3 is 9.47 Å². The van der Waals surface area contributed by atoms with Crippen molar-refractivity contribution in [3.05, 3.63) is 194 Å². The molecule has 0 N–H and O–H groups in total. The highest BCUT2D eigenvalue weighted by Gasteiger charge is 2.29. The van der Waals surface area contributed by atoms with E-state index >= 15 is 0 Å². The van der Waals surface area contributed by atoms with Crippen LogP contribution in [0.4, 0.5) is 17.1 Å². The molecule has 2 nitrogen and oxygen atoms in total. The van der Waals surface area contributed by atoms with Gasteiger partial charge in [0.05, 0.1) is 22.4 Å². The number of benzene rings is 8. The zero-order chi connectivity index (χ0) is 33.0. The molecule has 234 valence electrons. The van der Waals surface area contributed by atoms with Crippen LogP contribution < -0.4 is 4.90 Å². The molecule has 0 atom stereocenters. The van der Waals surface area contributed by atoms with Gasteiger partial charge in [-0.2, -0.15) is 0 Å². The van der Waals surface area contributed by atoms with Crippen molar-refractivity contribution in [1.29, 1.82) is 0 Å². The van der Waals surface area contributed by atoms with E-state index in [0.717, 1.165) is 17.1 Å². The number of hydrogen-bond donors (Lipinski definition) is 0. The van der Waals surface area contributed by atoms with Gasteiger partial charge in [-0.1, -0.05) is 146 Å². The number of anilines is 3. The van der Waals surface area contributed by atoms with Crippen LogP contribution in [-0.4, -0.2) is 4.57 Å². The molecule has 10 rings (SSSR count). The molecule has 0 saturated heterocycles. The van der Waals surface area contributed by atoms with Crippen LogP contribution >= 0.6 is 0 Å². The third-order valence-electron chi connectivity index (χ3n) is 10.1. The molecular weight excluding hydrogens is 605 g/mol. The van der Waals surface area contributed by atoms with Gasteiger partial charge in [0, 0.05) is 38.8 Å². The third kappa shape index (κ3) is 4.43. The Bertz CT molecular complexity index is 2630. The molecule has 0 radical (unpaired) electrons. The van der Waals surface area contributed by atoms with E-state index in [4.69, 9.17) is 0 Å². The molecule has 0 bridgehead atoms. The molecule has 8 aromatic carbocycles. The first-order chi connectivity index (χ1) is 24.8. The van der Waals surface area contributed by atoms with Crippen LogP contribution in [0.25, 0.3) is 72.0 Å². The zero-order valence-corrected chi connectivity index (χ0v) is 27.4. The van der Waals surface area contributed by atoms with Crippen molar-refractivity contribution < 1.29 is 0 Å². The lowest BCUT2D eigenvalue weighted by molar-refractivity contribution is 1.18. The van der Waals surface area contributed by atoms with Gasteiger partial charge in [-0.25, -0.2) is 0 Å². The van der Waals surface area contributed by atoms with Crippen LogP contribution in [0.15, 0.2) is 194 Å². The van der Waals surface area contributed by atoms with Gasteiger partial charge >= 0.3 is 0 Å². The second-order valence-electron chi connectivity index (χ2n) is 12.9. The zero-order valence-electron chi connectivity index (χ0n) is 27.4. The Balaban J connectivity index is 1.36. The van der Waals surface area contributed by atoms with E-state index in [1.54, 1.807) is 0 Å². The maximum atomic E-state index is 2.51. The van der Waals surface area contributed by atoms with Crippen LogP contribution in [0.1, 0.15) is 0 Å². The number of hydrogen-bond acceptors (Lipinski definition) is 1. The summed E-state index contributed by atoms with van der Waals surface area (Å²) in [7, 11) is 0. The quantitative estimate of drug-likeness (QED) is 0.187. The van der Waals surface area contributed by atoms with E-state index in [1.807, 2.05) is 0 Å². The van der Waals surface area contributed by atoms with Gasteiger partial charge in [-0.05, 0) is 76.3 Å².